The molecule has 0 spiro atoms. The van der Waals surface area contributed by atoms with Crippen molar-refractivity contribution in [2.24, 2.45) is 5.14 Å². The van der Waals surface area contributed by atoms with Gasteiger partial charge in [-0.25, -0.2) is 18.4 Å². The molecule has 0 fully saturated rings. The lowest BCUT2D eigenvalue weighted by atomic mass is 10.1. The second-order valence-corrected chi connectivity index (χ2v) is 5.92. The molecule has 104 valence electrons. The van der Waals surface area contributed by atoms with Crippen molar-refractivity contribution in [3.05, 3.63) is 48.6 Å². The molecule has 2 aromatic rings. The van der Waals surface area contributed by atoms with Crippen molar-refractivity contribution in [1.29, 1.82) is 0 Å². The maximum Gasteiger partial charge on any atom is 0.338 e. The van der Waals surface area contributed by atoms with E-state index in [0.717, 1.165) is 0 Å². The Morgan fingerprint density at radius 3 is 2.50 bits per heavy atom. The highest BCUT2D eigenvalue weighted by Gasteiger charge is 2.15. The Bertz CT molecular complexity index is 809. The van der Waals surface area contributed by atoms with E-state index in [1.165, 1.54) is 19.1 Å². The largest absolute Gasteiger partial charge is 0.422 e. The van der Waals surface area contributed by atoms with Gasteiger partial charge in [-0.2, -0.15) is 0 Å². The summed E-state index contributed by atoms with van der Waals surface area (Å²) in [6, 6.07) is 9.61. The monoisotopic (exact) mass is 291 g/mol. The van der Waals surface area contributed by atoms with E-state index in [2.05, 4.69) is 6.58 Å². The Morgan fingerprint density at radius 1 is 1.25 bits per heavy atom. The molecule has 0 bridgehead atoms. The third-order valence-corrected chi connectivity index (χ3v) is 3.57. The molecule has 0 radical (unpaired) electrons. The fourth-order valence-electron chi connectivity index (χ4n) is 1.68. The minimum atomic E-state index is -3.89. The Labute approximate surface area is 116 Å². The Morgan fingerprint density at radius 2 is 1.90 bits per heavy atom. The van der Waals surface area contributed by atoms with Gasteiger partial charge in [-0.05, 0) is 18.4 Å². The van der Waals surface area contributed by atoms with Gasteiger partial charge >= 0.3 is 5.97 Å². The van der Waals surface area contributed by atoms with E-state index in [9.17, 15) is 13.2 Å². The number of fused-ring (bicyclic) bond motifs is 1. The predicted octanol–water partition coefficient (Wildman–Crippen LogP) is 1.97. The van der Waals surface area contributed by atoms with Crippen molar-refractivity contribution >= 4 is 26.8 Å². The third kappa shape index (κ3) is 2.87. The van der Waals surface area contributed by atoms with Crippen LogP contribution in [0.5, 0.6) is 5.75 Å². The number of nitrogens with two attached hydrogens (primary N) is 1. The van der Waals surface area contributed by atoms with Crippen LogP contribution in [-0.4, -0.2) is 14.4 Å². The lowest BCUT2D eigenvalue weighted by Crippen LogP contribution is -2.13. The molecule has 2 rings (SSSR count). The molecule has 0 atom stereocenters. The van der Waals surface area contributed by atoms with Gasteiger partial charge in [-0.3, -0.25) is 0 Å². The summed E-state index contributed by atoms with van der Waals surface area (Å²) in [7, 11) is -3.89. The van der Waals surface area contributed by atoms with E-state index >= 15 is 0 Å². The average molecular weight is 291 g/mol. The first-order valence-electron chi connectivity index (χ1n) is 5.72. The van der Waals surface area contributed by atoms with E-state index in [1.807, 2.05) is 0 Å². The summed E-state index contributed by atoms with van der Waals surface area (Å²) in [6.45, 7) is 4.99. The summed E-state index contributed by atoms with van der Waals surface area (Å²) in [6.07, 6.45) is 0. The molecule has 0 aliphatic heterocycles. The molecule has 5 nitrogen and oxygen atoms in total. The predicted molar refractivity (Wildman–Crippen MR) is 75.8 cm³/mol. The van der Waals surface area contributed by atoms with Gasteiger partial charge in [0, 0.05) is 17.0 Å². The van der Waals surface area contributed by atoms with E-state index in [4.69, 9.17) is 9.88 Å². The van der Waals surface area contributed by atoms with Crippen molar-refractivity contribution in [3.8, 4) is 5.75 Å². The second kappa shape index (κ2) is 5.07. The number of ether oxygens (including phenoxy) is 1. The van der Waals surface area contributed by atoms with Gasteiger partial charge in [0.25, 0.3) is 0 Å². The Kier molecular flexibility index (Phi) is 3.61. The first-order valence-corrected chi connectivity index (χ1v) is 7.27. The van der Waals surface area contributed by atoms with Gasteiger partial charge in [0.05, 0.1) is 4.90 Å². The summed E-state index contributed by atoms with van der Waals surface area (Å²) < 4.78 is 28.1. The zero-order valence-electron chi connectivity index (χ0n) is 10.8. The molecule has 20 heavy (non-hydrogen) atoms. The number of esters is 1. The number of hydrogen-bond acceptors (Lipinski definition) is 4. The maximum atomic E-state index is 11.6. The summed E-state index contributed by atoms with van der Waals surface area (Å²) in [5.41, 5.74) is 0.218. The van der Waals surface area contributed by atoms with Crippen molar-refractivity contribution in [2.75, 3.05) is 0 Å². The maximum absolute atomic E-state index is 11.6. The Balaban J connectivity index is 2.67. The molecular weight excluding hydrogens is 278 g/mol. The third-order valence-electron chi connectivity index (χ3n) is 2.68. The van der Waals surface area contributed by atoms with Crippen LogP contribution in [0.4, 0.5) is 0 Å². The molecule has 0 aromatic heterocycles. The summed E-state index contributed by atoms with van der Waals surface area (Å²) in [5, 5.41) is 6.36. The fraction of sp³-hybridized carbons (Fsp3) is 0.0714. The number of rotatable bonds is 3. The molecule has 0 amide bonds. The van der Waals surface area contributed by atoms with Crippen molar-refractivity contribution in [2.45, 2.75) is 11.8 Å². The summed E-state index contributed by atoms with van der Waals surface area (Å²) in [4.78, 5) is 11.5. The van der Waals surface area contributed by atoms with E-state index in [-0.39, 0.29) is 16.2 Å². The molecule has 6 heteroatoms. The van der Waals surface area contributed by atoms with Crippen molar-refractivity contribution in [3.63, 3.8) is 0 Å². The van der Waals surface area contributed by atoms with Gasteiger partial charge in [0.15, 0.2) is 0 Å². The number of benzene rings is 2. The highest BCUT2D eigenvalue weighted by molar-refractivity contribution is 7.89. The van der Waals surface area contributed by atoms with Gasteiger partial charge in [-0.1, -0.05) is 30.8 Å². The Hall–Kier alpha value is -2.18. The van der Waals surface area contributed by atoms with Gasteiger partial charge in [0.2, 0.25) is 10.0 Å². The molecule has 0 unspecified atom stereocenters. The quantitative estimate of drug-likeness (QED) is 0.532. The minimum absolute atomic E-state index is 0.110. The molecule has 2 N–H and O–H groups in total. The highest BCUT2D eigenvalue weighted by Crippen LogP contribution is 2.29. The van der Waals surface area contributed by atoms with Crippen LogP contribution in [0.3, 0.4) is 0 Å². The zero-order valence-corrected chi connectivity index (χ0v) is 11.6. The SMILES string of the molecule is C=C(C)C(=O)Oc1cc(S(N)(=O)=O)cc2ccccc12. The van der Waals surface area contributed by atoms with Crippen LogP contribution < -0.4 is 9.88 Å². The lowest BCUT2D eigenvalue weighted by Gasteiger charge is -2.09. The van der Waals surface area contributed by atoms with E-state index in [0.29, 0.717) is 10.8 Å². The molecule has 0 saturated heterocycles. The second-order valence-electron chi connectivity index (χ2n) is 4.36. The van der Waals surface area contributed by atoms with Crippen LogP contribution in [0.2, 0.25) is 0 Å². The minimum Gasteiger partial charge on any atom is -0.422 e. The number of carbonyl (C=O) groups excluding carboxylic acids is 1. The molecule has 0 heterocycles. The van der Waals surface area contributed by atoms with Crippen LogP contribution in [0.15, 0.2) is 53.4 Å². The van der Waals surface area contributed by atoms with Crippen molar-refractivity contribution < 1.29 is 17.9 Å². The van der Waals surface area contributed by atoms with Crippen LogP contribution >= 0.6 is 0 Å². The topological polar surface area (TPSA) is 86.5 Å². The van der Waals surface area contributed by atoms with E-state index < -0.39 is 16.0 Å². The molecular formula is C14H13NO4S. The number of primary sulfonamides is 1. The van der Waals surface area contributed by atoms with Crippen LogP contribution in [0.1, 0.15) is 6.92 Å². The first-order chi connectivity index (χ1) is 9.29. The van der Waals surface area contributed by atoms with Gasteiger partial charge < -0.3 is 4.74 Å². The summed E-state index contributed by atoms with van der Waals surface area (Å²) >= 11 is 0. The van der Waals surface area contributed by atoms with Crippen LogP contribution in [0, 0.1) is 0 Å². The molecule has 0 saturated carbocycles. The van der Waals surface area contributed by atoms with Crippen molar-refractivity contribution in [1.82, 2.24) is 0 Å². The smallest absolute Gasteiger partial charge is 0.338 e. The standard InChI is InChI=1S/C14H13NO4S/c1-9(2)14(16)19-13-8-11(20(15,17)18)7-10-5-3-4-6-12(10)13/h3-8H,1H2,2H3,(H2,15,17,18). The van der Waals surface area contributed by atoms with Gasteiger partial charge in [0.1, 0.15) is 5.75 Å². The summed E-state index contributed by atoms with van der Waals surface area (Å²) in [5.74, 6) is -0.484. The fourth-order valence-corrected chi connectivity index (χ4v) is 2.25. The molecule has 0 aliphatic rings. The molecule has 2 aromatic carbocycles. The average Bonchev–Trinajstić information content (AvgIpc) is 2.37. The number of hydrogen-bond donors (Lipinski definition) is 1. The van der Waals surface area contributed by atoms with Gasteiger partial charge in [-0.15, -0.1) is 0 Å². The number of sulfonamides is 1. The van der Waals surface area contributed by atoms with Crippen LogP contribution in [0.25, 0.3) is 10.8 Å². The zero-order chi connectivity index (χ0) is 14.9. The first kappa shape index (κ1) is 14.2. The highest BCUT2D eigenvalue weighted by atomic mass is 32.2. The lowest BCUT2D eigenvalue weighted by molar-refractivity contribution is -0.130. The van der Waals surface area contributed by atoms with E-state index in [1.54, 1.807) is 24.3 Å². The normalized spacial score (nSPS) is 11.3. The molecule has 0 aliphatic carbocycles. The number of carbonyl (C=O) groups is 1. The van der Waals surface area contributed by atoms with Crippen LogP contribution in [-0.2, 0) is 14.8 Å².